The molecule has 23 heavy (non-hydrogen) atoms. The second-order valence-electron chi connectivity index (χ2n) is 5.12. The molecular weight excluding hydrogens is 363 g/mol. The zero-order valence-electron chi connectivity index (χ0n) is 12.8. The first-order chi connectivity index (χ1) is 10.9. The van der Waals surface area contributed by atoms with E-state index < -0.39 is 5.82 Å². The van der Waals surface area contributed by atoms with Crippen molar-refractivity contribution in [1.29, 1.82) is 0 Å². The highest BCUT2D eigenvalue weighted by molar-refractivity contribution is 9.10. The van der Waals surface area contributed by atoms with Crippen molar-refractivity contribution in [2.45, 2.75) is 13.8 Å². The molecule has 0 aromatic heterocycles. The largest absolute Gasteiger partial charge is 0.324 e. The zero-order valence-corrected chi connectivity index (χ0v) is 14.4. The van der Waals surface area contributed by atoms with Crippen LogP contribution in [0.4, 0.5) is 15.8 Å². The molecule has 0 aliphatic carbocycles. The Kier molecular flexibility index (Phi) is 5.50. The number of carbonyl (C=O) groups is 2. The van der Waals surface area contributed by atoms with Gasteiger partial charge in [0.2, 0.25) is 11.8 Å². The quantitative estimate of drug-likeness (QED) is 0.877. The number of nitrogens with zero attached hydrogens (tertiary/aromatic N) is 1. The van der Waals surface area contributed by atoms with Crippen LogP contribution in [0.3, 0.4) is 0 Å². The van der Waals surface area contributed by atoms with E-state index in [1.165, 1.54) is 30.0 Å². The lowest BCUT2D eigenvalue weighted by atomic mass is 10.2. The molecular formula is C17H16BrFN2O2. The minimum absolute atomic E-state index is 0.195. The average molecular weight is 379 g/mol. The van der Waals surface area contributed by atoms with Gasteiger partial charge < -0.3 is 10.2 Å². The van der Waals surface area contributed by atoms with Gasteiger partial charge >= 0.3 is 0 Å². The normalized spacial score (nSPS) is 10.3. The van der Waals surface area contributed by atoms with Crippen molar-refractivity contribution in [3.8, 4) is 0 Å². The van der Waals surface area contributed by atoms with E-state index in [4.69, 9.17) is 0 Å². The Morgan fingerprint density at radius 3 is 2.57 bits per heavy atom. The standard InChI is InChI=1S/C17H16BrFN2O2/c1-11-6-7-16(15(18)8-11)20-17(23)10-21(12(2)22)14-5-3-4-13(19)9-14/h3-9H,10H2,1-2H3,(H,20,23). The molecule has 0 atom stereocenters. The summed E-state index contributed by atoms with van der Waals surface area (Å²) in [7, 11) is 0. The highest BCUT2D eigenvalue weighted by Crippen LogP contribution is 2.23. The molecule has 0 saturated heterocycles. The topological polar surface area (TPSA) is 49.4 Å². The molecule has 0 spiro atoms. The average Bonchev–Trinajstić information content (AvgIpc) is 2.47. The Morgan fingerprint density at radius 1 is 1.22 bits per heavy atom. The second-order valence-corrected chi connectivity index (χ2v) is 5.97. The molecule has 0 bridgehead atoms. The van der Waals surface area contributed by atoms with E-state index in [0.717, 1.165) is 10.0 Å². The molecule has 1 N–H and O–H groups in total. The minimum atomic E-state index is -0.463. The van der Waals surface area contributed by atoms with Gasteiger partial charge in [0.25, 0.3) is 0 Å². The summed E-state index contributed by atoms with van der Waals surface area (Å²) < 4.78 is 14.1. The molecule has 0 saturated carbocycles. The molecule has 2 aromatic carbocycles. The van der Waals surface area contributed by atoms with Crippen molar-refractivity contribution < 1.29 is 14.0 Å². The number of amides is 2. The SMILES string of the molecule is CC(=O)N(CC(=O)Nc1ccc(C)cc1Br)c1cccc(F)c1. The Hall–Kier alpha value is -2.21. The van der Waals surface area contributed by atoms with Crippen molar-refractivity contribution >= 4 is 39.1 Å². The van der Waals surface area contributed by atoms with Crippen LogP contribution in [-0.2, 0) is 9.59 Å². The van der Waals surface area contributed by atoms with Crippen LogP contribution in [0.15, 0.2) is 46.9 Å². The maximum absolute atomic E-state index is 13.3. The molecule has 2 rings (SSSR count). The van der Waals surface area contributed by atoms with E-state index in [1.54, 1.807) is 12.1 Å². The number of halogens is 2. The number of rotatable bonds is 4. The van der Waals surface area contributed by atoms with Crippen LogP contribution in [0.5, 0.6) is 0 Å². The number of benzene rings is 2. The van der Waals surface area contributed by atoms with Crippen molar-refractivity contribution in [2.24, 2.45) is 0 Å². The van der Waals surface area contributed by atoms with E-state index in [1.807, 2.05) is 19.1 Å². The maximum Gasteiger partial charge on any atom is 0.244 e. The van der Waals surface area contributed by atoms with Crippen molar-refractivity contribution in [1.82, 2.24) is 0 Å². The minimum Gasteiger partial charge on any atom is -0.324 e. The number of hydrogen-bond donors (Lipinski definition) is 1. The van der Waals surface area contributed by atoms with Gasteiger partial charge in [0.15, 0.2) is 0 Å². The van der Waals surface area contributed by atoms with Gasteiger partial charge in [0.1, 0.15) is 12.4 Å². The summed E-state index contributed by atoms with van der Waals surface area (Å²) in [4.78, 5) is 25.2. The summed E-state index contributed by atoms with van der Waals surface area (Å²) in [6.07, 6.45) is 0. The van der Waals surface area contributed by atoms with Gasteiger partial charge in [-0.05, 0) is 58.7 Å². The molecule has 0 heterocycles. The fourth-order valence-corrected chi connectivity index (χ4v) is 2.68. The highest BCUT2D eigenvalue weighted by Gasteiger charge is 2.17. The molecule has 2 amide bonds. The Labute approximate surface area is 142 Å². The van der Waals surface area contributed by atoms with Crippen LogP contribution in [-0.4, -0.2) is 18.4 Å². The number of nitrogens with one attached hydrogen (secondary N) is 1. The fraction of sp³-hybridized carbons (Fsp3) is 0.176. The summed E-state index contributed by atoms with van der Waals surface area (Å²) in [6, 6.07) is 11.1. The number of anilines is 2. The Balaban J connectivity index is 2.14. The number of aryl methyl sites for hydroxylation is 1. The van der Waals surface area contributed by atoms with Crippen molar-refractivity contribution in [2.75, 3.05) is 16.8 Å². The second kappa shape index (κ2) is 7.37. The van der Waals surface area contributed by atoms with E-state index in [9.17, 15) is 14.0 Å². The lowest BCUT2D eigenvalue weighted by Gasteiger charge is -2.21. The van der Waals surface area contributed by atoms with Gasteiger partial charge in [-0.2, -0.15) is 0 Å². The van der Waals surface area contributed by atoms with Gasteiger partial charge in [0.05, 0.1) is 5.69 Å². The Bertz CT molecular complexity index is 749. The highest BCUT2D eigenvalue weighted by atomic mass is 79.9. The zero-order chi connectivity index (χ0) is 17.0. The maximum atomic E-state index is 13.3. The molecule has 4 nitrogen and oxygen atoms in total. The van der Waals surface area contributed by atoms with E-state index in [-0.39, 0.29) is 18.4 Å². The van der Waals surface area contributed by atoms with Crippen LogP contribution in [0.25, 0.3) is 0 Å². The first-order valence-corrected chi connectivity index (χ1v) is 7.76. The van der Waals surface area contributed by atoms with Crippen LogP contribution < -0.4 is 10.2 Å². The Morgan fingerprint density at radius 2 is 1.96 bits per heavy atom. The van der Waals surface area contributed by atoms with E-state index in [2.05, 4.69) is 21.2 Å². The smallest absolute Gasteiger partial charge is 0.244 e. The predicted octanol–water partition coefficient (Wildman–Crippen LogP) is 3.89. The summed E-state index contributed by atoms with van der Waals surface area (Å²) in [5.74, 6) is -1.17. The summed E-state index contributed by atoms with van der Waals surface area (Å²) >= 11 is 3.38. The lowest BCUT2D eigenvalue weighted by molar-refractivity contribution is -0.120. The molecule has 0 aliphatic heterocycles. The predicted molar refractivity (Wildman–Crippen MR) is 91.9 cm³/mol. The van der Waals surface area contributed by atoms with Crippen LogP contribution in [0.1, 0.15) is 12.5 Å². The van der Waals surface area contributed by atoms with Gasteiger partial charge in [-0.3, -0.25) is 9.59 Å². The van der Waals surface area contributed by atoms with Gasteiger partial charge in [-0.15, -0.1) is 0 Å². The first-order valence-electron chi connectivity index (χ1n) is 6.96. The fourth-order valence-electron chi connectivity index (χ4n) is 2.08. The van der Waals surface area contributed by atoms with Crippen LogP contribution in [0, 0.1) is 12.7 Å². The number of carbonyl (C=O) groups excluding carboxylic acids is 2. The molecule has 0 unspecified atom stereocenters. The van der Waals surface area contributed by atoms with Gasteiger partial charge in [-0.1, -0.05) is 12.1 Å². The third kappa shape index (κ3) is 4.63. The molecule has 120 valence electrons. The van der Waals surface area contributed by atoms with E-state index >= 15 is 0 Å². The van der Waals surface area contributed by atoms with Crippen LogP contribution >= 0.6 is 15.9 Å². The first kappa shape index (κ1) is 17.1. The molecule has 0 aliphatic rings. The lowest BCUT2D eigenvalue weighted by Crippen LogP contribution is -2.36. The third-order valence-electron chi connectivity index (χ3n) is 3.20. The summed E-state index contributed by atoms with van der Waals surface area (Å²) in [6.45, 7) is 3.08. The molecule has 6 heteroatoms. The third-order valence-corrected chi connectivity index (χ3v) is 3.86. The number of hydrogen-bond acceptors (Lipinski definition) is 2. The van der Waals surface area contributed by atoms with Gasteiger partial charge in [-0.25, -0.2) is 4.39 Å². The van der Waals surface area contributed by atoms with Crippen molar-refractivity contribution in [3.63, 3.8) is 0 Å². The summed E-state index contributed by atoms with van der Waals surface area (Å²) in [5, 5.41) is 2.73. The van der Waals surface area contributed by atoms with Crippen LogP contribution in [0.2, 0.25) is 0 Å². The van der Waals surface area contributed by atoms with E-state index in [0.29, 0.717) is 11.4 Å². The molecule has 0 fully saturated rings. The molecule has 0 radical (unpaired) electrons. The monoisotopic (exact) mass is 378 g/mol. The molecule has 2 aromatic rings. The van der Waals surface area contributed by atoms with Crippen molar-refractivity contribution in [3.05, 3.63) is 58.3 Å². The van der Waals surface area contributed by atoms with Gasteiger partial charge in [0, 0.05) is 17.1 Å². The summed E-state index contributed by atoms with van der Waals surface area (Å²) in [5.41, 5.74) is 2.01.